The summed E-state index contributed by atoms with van der Waals surface area (Å²) >= 11 is 2.06. The van der Waals surface area contributed by atoms with E-state index in [2.05, 4.69) is 46.9 Å². The Balaban J connectivity index is 2.02. The van der Waals surface area contributed by atoms with Gasteiger partial charge in [0.25, 0.3) is 0 Å². The molecule has 1 fully saturated rings. The average Bonchev–Trinajstić information content (AvgIpc) is 2.68. The minimum absolute atomic E-state index is 0.694. The van der Waals surface area contributed by atoms with Crippen molar-refractivity contribution >= 4 is 17.4 Å². The molecule has 0 spiro atoms. The van der Waals surface area contributed by atoms with E-state index in [4.69, 9.17) is 0 Å². The Morgan fingerprint density at radius 3 is 3.11 bits per heavy atom. The quantitative estimate of drug-likeness (QED) is 0.897. The average molecular weight is 279 g/mol. The molecule has 1 aliphatic rings. The largest absolute Gasteiger partial charge is 0.369 e. The van der Waals surface area contributed by atoms with Gasteiger partial charge < -0.3 is 10.2 Å². The zero-order valence-corrected chi connectivity index (χ0v) is 12.9. The molecule has 1 aromatic heterocycles. The summed E-state index contributed by atoms with van der Waals surface area (Å²) in [5.41, 5.74) is 2.70. The monoisotopic (exact) mass is 279 g/mol. The molecule has 0 aliphatic carbocycles. The van der Waals surface area contributed by atoms with E-state index in [1.165, 1.54) is 29.2 Å². The van der Waals surface area contributed by atoms with Crippen LogP contribution in [0.4, 0.5) is 5.69 Å². The van der Waals surface area contributed by atoms with Gasteiger partial charge in [0.15, 0.2) is 0 Å². The van der Waals surface area contributed by atoms with Crippen molar-refractivity contribution in [3.63, 3.8) is 0 Å². The van der Waals surface area contributed by atoms with Crippen LogP contribution in [0, 0.1) is 5.92 Å². The number of hydrogen-bond acceptors (Lipinski definition) is 4. The van der Waals surface area contributed by atoms with Crippen LogP contribution in [-0.2, 0) is 6.54 Å². The maximum absolute atomic E-state index is 4.32. The first-order chi connectivity index (χ1) is 9.27. The topological polar surface area (TPSA) is 28.2 Å². The molecule has 3 nitrogen and oxygen atoms in total. The van der Waals surface area contributed by atoms with Crippen molar-refractivity contribution in [3.8, 4) is 0 Å². The predicted octanol–water partition coefficient (Wildman–Crippen LogP) is 2.77. The molecule has 1 saturated heterocycles. The normalized spacial score (nSPS) is 16.7. The molecule has 0 aromatic carbocycles. The molecule has 0 amide bonds. The van der Waals surface area contributed by atoms with Gasteiger partial charge in [0.1, 0.15) is 0 Å². The third-order valence-corrected chi connectivity index (χ3v) is 4.37. The summed E-state index contributed by atoms with van der Waals surface area (Å²) in [7, 11) is 0. The van der Waals surface area contributed by atoms with E-state index in [-0.39, 0.29) is 0 Å². The van der Waals surface area contributed by atoms with Crippen LogP contribution in [0.3, 0.4) is 0 Å². The molecule has 4 heteroatoms. The van der Waals surface area contributed by atoms with Crippen LogP contribution in [0.15, 0.2) is 18.5 Å². The molecule has 106 valence electrons. The summed E-state index contributed by atoms with van der Waals surface area (Å²) in [6.07, 6.45) is 5.21. The minimum atomic E-state index is 0.694. The summed E-state index contributed by atoms with van der Waals surface area (Å²) in [4.78, 5) is 6.82. The van der Waals surface area contributed by atoms with Crippen molar-refractivity contribution in [1.82, 2.24) is 10.3 Å². The summed E-state index contributed by atoms with van der Waals surface area (Å²) in [5, 5.41) is 3.54. The van der Waals surface area contributed by atoms with Crippen molar-refractivity contribution in [3.05, 3.63) is 24.0 Å². The Labute approximate surface area is 121 Å². The molecule has 2 rings (SSSR count). The van der Waals surface area contributed by atoms with Gasteiger partial charge in [-0.05, 0) is 36.3 Å². The van der Waals surface area contributed by atoms with E-state index in [9.17, 15) is 0 Å². The lowest BCUT2D eigenvalue weighted by Gasteiger charge is -2.25. The first-order valence-corrected chi connectivity index (χ1v) is 8.39. The van der Waals surface area contributed by atoms with Crippen LogP contribution >= 0.6 is 11.8 Å². The lowest BCUT2D eigenvalue weighted by atomic mass is 10.1. The fraction of sp³-hybridized carbons (Fsp3) is 0.667. The van der Waals surface area contributed by atoms with Gasteiger partial charge in [-0.1, -0.05) is 13.8 Å². The third kappa shape index (κ3) is 4.69. The molecule has 0 atom stereocenters. The Morgan fingerprint density at radius 2 is 2.26 bits per heavy atom. The van der Waals surface area contributed by atoms with Crippen LogP contribution in [0.1, 0.15) is 25.8 Å². The van der Waals surface area contributed by atoms with Crippen molar-refractivity contribution in [2.75, 3.05) is 36.0 Å². The highest BCUT2D eigenvalue weighted by atomic mass is 32.2. The summed E-state index contributed by atoms with van der Waals surface area (Å²) in [6.45, 7) is 8.81. The fourth-order valence-corrected chi connectivity index (χ4v) is 3.22. The molecule has 1 N–H and O–H groups in total. The van der Waals surface area contributed by atoms with Crippen LogP contribution in [0.25, 0.3) is 0 Å². The number of anilines is 1. The van der Waals surface area contributed by atoms with Gasteiger partial charge in [0, 0.05) is 31.6 Å². The second kappa shape index (κ2) is 7.75. The van der Waals surface area contributed by atoms with Gasteiger partial charge in [-0.3, -0.25) is 4.98 Å². The summed E-state index contributed by atoms with van der Waals surface area (Å²) < 4.78 is 0. The number of pyridine rings is 1. The Kier molecular flexibility index (Phi) is 5.98. The van der Waals surface area contributed by atoms with Crippen LogP contribution in [-0.4, -0.2) is 36.1 Å². The predicted molar refractivity (Wildman–Crippen MR) is 84.9 cm³/mol. The van der Waals surface area contributed by atoms with Crippen molar-refractivity contribution in [2.45, 2.75) is 26.8 Å². The second-order valence-electron chi connectivity index (χ2n) is 5.48. The Bertz CT molecular complexity index is 373. The zero-order valence-electron chi connectivity index (χ0n) is 12.1. The van der Waals surface area contributed by atoms with Crippen molar-refractivity contribution in [2.24, 2.45) is 5.92 Å². The molecule has 0 bridgehead atoms. The van der Waals surface area contributed by atoms with Crippen molar-refractivity contribution in [1.29, 1.82) is 0 Å². The molecule has 19 heavy (non-hydrogen) atoms. The molecule has 0 radical (unpaired) electrons. The third-order valence-electron chi connectivity index (χ3n) is 3.32. The smallest absolute Gasteiger partial charge is 0.0598 e. The zero-order chi connectivity index (χ0) is 13.5. The number of nitrogens with zero attached hydrogens (tertiary/aromatic N) is 2. The highest BCUT2D eigenvalue weighted by Gasteiger charge is 2.13. The SMILES string of the molecule is CC(C)CNCc1ccncc1N1CCCSCC1. The minimum Gasteiger partial charge on any atom is -0.369 e. The molecule has 1 aliphatic heterocycles. The van der Waals surface area contributed by atoms with E-state index in [0.717, 1.165) is 26.2 Å². The first-order valence-electron chi connectivity index (χ1n) is 7.23. The molecule has 0 unspecified atom stereocenters. The van der Waals surface area contributed by atoms with Gasteiger partial charge in [-0.2, -0.15) is 11.8 Å². The van der Waals surface area contributed by atoms with Crippen LogP contribution in [0.2, 0.25) is 0 Å². The number of thioether (sulfide) groups is 1. The Morgan fingerprint density at radius 1 is 1.37 bits per heavy atom. The maximum Gasteiger partial charge on any atom is 0.0598 e. The molecule has 0 saturated carbocycles. The van der Waals surface area contributed by atoms with Gasteiger partial charge in [-0.15, -0.1) is 0 Å². The van der Waals surface area contributed by atoms with E-state index < -0.39 is 0 Å². The van der Waals surface area contributed by atoms with Gasteiger partial charge in [-0.25, -0.2) is 0 Å². The van der Waals surface area contributed by atoms with Crippen LogP contribution in [0.5, 0.6) is 0 Å². The summed E-state index contributed by atoms with van der Waals surface area (Å²) in [5.74, 6) is 3.21. The highest BCUT2D eigenvalue weighted by Crippen LogP contribution is 2.22. The van der Waals surface area contributed by atoms with E-state index in [0.29, 0.717) is 5.92 Å². The second-order valence-corrected chi connectivity index (χ2v) is 6.71. The first kappa shape index (κ1) is 14.7. The lowest BCUT2D eigenvalue weighted by Crippen LogP contribution is -2.28. The number of nitrogens with one attached hydrogen (secondary N) is 1. The van der Waals surface area contributed by atoms with Crippen LogP contribution < -0.4 is 10.2 Å². The standard InChI is InChI=1S/C15H25N3S/c1-13(2)10-17-11-14-4-5-16-12-15(14)18-6-3-8-19-9-7-18/h4-5,12-13,17H,3,6-11H2,1-2H3. The van der Waals surface area contributed by atoms with Gasteiger partial charge >= 0.3 is 0 Å². The molecule has 2 heterocycles. The Hall–Kier alpha value is -0.740. The summed E-state index contributed by atoms with van der Waals surface area (Å²) in [6, 6.07) is 2.15. The van der Waals surface area contributed by atoms with Crippen molar-refractivity contribution < 1.29 is 0 Å². The van der Waals surface area contributed by atoms with E-state index >= 15 is 0 Å². The van der Waals surface area contributed by atoms with E-state index in [1.54, 1.807) is 0 Å². The van der Waals surface area contributed by atoms with E-state index in [1.807, 2.05) is 12.4 Å². The molecule has 1 aromatic rings. The highest BCUT2D eigenvalue weighted by molar-refractivity contribution is 7.99. The fourth-order valence-electron chi connectivity index (χ4n) is 2.33. The van der Waals surface area contributed by atoms with Gasteiger partial charge in [0.05, 0.1) is 11.9 Å². The van der Waals surface area contributed by atoms with Gasteiger partial charge in [0.2, 0.25) is 0 Å². The molecular formula is C15H25N3S. The molecular weight excluding hydrogens is 254 g/mol. The number of aromatic nitrogens is 1. The number of hydrogen-bond donors (Lipinski definition) is 1. The number of rotatable bonds is 5. The lowest BCUT2D eigenvalue weighted by molar-refractivity contribution is 0.551. The maximum atomic E-state index is 4.32.